The number of primary amides is 1. The molecule has 0 saturated heterocycles. The molecule has 0 aliphatic carbocycles. The first kappa shape index (κ1) is 11.7. The first-order valence-electron chi connectivity index (χ1n) is 3.83. The highest BCUT2D eigenvalue weighted by molar-refractivity contribution is 5.81. The van der Waals surface area contributed by atoms with Gasteiger partial charge in [-0.3, -0.25) is 0 Å². The fraction of sp³-hybridized carbons (Fsp3) is 0.750. The molecule has 0 aliphatic heterocycles. The van der Waals surface area contributed by atoms with Crippen molar-refractivity contribution in [1.29, 1.82) is 0 Å². The second-order valence-electron chi connectivity index (χ2n) is 4.01. The predicted octanol–water partition coefficient (Wildman–Crippen LogP) is 0.971. The number of amides is 1. The van der Waals surface area contributed by atoms with Crippen LogP contribution in [0.2, 0.25) is 0 Å². The van der Waals surface area contributed by atoms with E-state index in [-0.39, 0.29) is 0 Å². The molecule has 0 heterocycles. The number of aliphatic carboxylic acids is 1. The first-order valence-corrected chi connectivity index (χ1v) is 3.83. The van der Waals surface area contributed by atoms with Crippen molar-refractivity contribution in [3.8, 4) is 0 Å². The van der Waals surface area contributed by atoms with Gasteiger partial charge in [0.2, 0.25) is 5.60 Å². The fourth-order valence-electron chi connectivity index (χ4n) is 0.719. The summed E-state index contributed by atoms with van der Waals surface area (Å²) in [6.07, 6.45) is -1.08. The van der Waals surface area contributed by atoms with Crippen LogP contribution < -0.4 is 5.73 Å². The summed E-state index contributed by atoms with van der Waals surface area (Å²) >= 11 is 0. The number of ether oxygens (including phenoxy) is 1. The molecule has 0 fully saturated rings. The van der Waals surface area contributed by atoms with Crippen LogP contribution in [0.15, 0.2) is 0 Å². The lowest BCUT2D eigenvalue weighted by molar-refractivity contribution is -0.167. The second kappa shape index (κ2) is 3.24. The van der Waals surface area contributed by atoms with E-state index in [9.17, 15) is 9.59 Å². The van der Waals surface area contributed by atoms with Crippen LogP contribution in [0.25, 0.3) is 0 Å². The molecule has 0 aromatic rings. The molecular weight excluding hydrogens is 174 g/mol. The molecule has 1 unspecified atom stereocenters. The molecule has 76 valence electrons. The molecule has 0 aromatic heterocycles. The molecule has 0 radical (unpaired) electrons. The van der Waals surface area contributed by atoms with E-state index in [1.165, 1.54) is 6.92 Å². The van der Waals surface area contributed by atoms with Crippen molar-refractivity contribution < 1.29 is 19.4 Å². The zero-order chi connectivity index (χ0) is 10.9. The molecular formula is C8H15NO4. The maximum absolute atomic E-state index is 10.9. The third-order valence-corrected chi connectivity index (χ3v) is 2.14. The minimum atomic E-state index is -1.60. The number of hydrogen-bond donors (Lipinski definition) is 2. The van der Waals surface area contributed by atoms with Crippen molar-refractivity contribution in [2.24, 2.45) is 11.1 Å². The monoisotopic (exact) mass is 189 g/mol. The van der Waals surface area contributed by atoms with E-state index in [0.29, 0.717) is 0 Å². The Bertz CT molecular complexity index is 231. The normalized spacial score (nSPS) is 16.0. The third kappa shape index (κ3) is 2.34. The zero-order valence-corrected chi connectivity index (χ0v) is 8.25. The SMILES string of the molecule is CC(C)(C)C(C)(OC(N)=O)C(=O)O. The number of rotatable bonds is 2. The van der Waals surface area contributed by atoms with Gasteiger partial charge in [-0.15, -0.1) is 0 Å². The Balaban J connectivity index is 4.96. The number of carboxylic acids is 1. The van der Waals surface area contributed by atoms with Gasteiger partial charge in [0.1, 0.15) is 0 Å². The molecule has 3 N–H and O–H groups in total. The Morgan fingerprint density at radius 2 is 1.62 bits per heavy atom. The fourth-order valence-corrected chi connectivity index (χ4v) is 0.719. The van der Waals surface area contributed by atoms with Crippen molar-refractivity contribution in [1.82, 2.24) is 0 Å². The van der Waals surface area contributed by atoms with Crippen LogP contribution in [0.3, 0.4) is 0 Å². The average Bonchev–Trinajstić information content (AvgIpc) is 1.82. The summed E-state index contributed by atoms with van der Waals surface area (Å²) in [6.45, 7) is 6.29. The number of hydrogen-bond acceptors (Lipinski definition) is 3. The van der Waals surface area contributed by atoms with Crippen LogP contribution in [-0.4, -0.2) is 22.8 Å². The van der Waals surface area contributed by atoms with Crippen LogP contribution in [-0.2, 0) is 9.53 Å². The van der Waals surface area contributed by atoms with Crippen LogP contribution >= 0.6 is 0 Å². The van der Waals surface area contributed by atoms with Crippen molar-refractivity contribution >= 4 is 12.1 Å². The van der Waals surface area contributed by atoms with Gasteiger partial charge < -0.3 is 15.6 Å². The second-order valence-corrected chi connectivity index (χ2v) is 4.01. The molecule has 0 spiro atoms. The van der Waals surface area contributed by atoms with Gasteiger partial charge in [-0.2, -0.15) is 0 Å². The summed E-state index contributed by atoms with van der Waals surface area (Å²) in [5, 5.41) is 8.88. The van der Waals surface area contributed by atoms with Crippen LogP contribution in [0.4, 0.5) is 4.79 Å². The van der Waals surface area contributed by atoms with Gasteiger partial charge in [-0.25, -0.2) is 9.59 Å². The van der Waals surface area contributed by atoms with Gasteiger partial charge in [-0.05, 0) is 6.92 Å². The Labute approximate surface area is 76.9 Å². The number of carbonyl (C=O) groups excluding carboxylic acids is 1. The summed E-state index contributed by atoms with van der Waals surface area (Å²) in [5.74, 6) is -1.21. The van der Waals surface area contributed by atoms with Gasteiger partial charge in [0.25, 0.3) is 0 Å². The first-order chi connectivity index (χ1) is 5.61. The highest BCUT2D eigenvalue weighted by atomic mass is 16.6. The van der Waals surface area contributed by atoms with E-state index >= 15 is 0 Å². The van der Waals surface area contributed by atoms with Crippen LogP contribution in [0.5, 0.6) is 0 Å². The molecule has 5 nitrogen and oxygen atoms in total. The molecule has 0 aromatic carbocycles. The Morgan fingerprint density at radius 3 is 1.69 bits per heavy atom. The van der Waals surface area contributed by atoms with E-state index in [4.69, 9.17) is 10.8 Å². The minimum Gasteiger partial charge on any atom is -0.478 e. The maximum atomic E-state index is 10.9. The van der Waals surface area contributed by atoms with E-state index in [2.05, 4.69) is 4.74 Å². The molecule has 5 heteroatoms. The van der Waals surface area contributed by atoms with Crippen molar-refractivity contribution in [2.75, 3.05) is 0 Å². The van der Waals surface area contributed by atoms with Gasteiger partial charge in [-0.1, -0.05) is 20.8 Å². The summed E-state index contributed by atoms with van der Waals surface area (Å²) in [5.41, 5.74) is 2.48. The largest absolute Gasteiger partial charge is 0.478 e. The molecule has 0 saturated carbocycles. The van der Waals surface area contributed by atoms with Crippen LogP contribution in [0.1, 0.15) is 27.7 Å². The van der Waals surface area contributed by atoms with Crippen molar-refractivity contribution in [2.45, 2.75) is 33.3 Å². The smallest absolute Gasteiger partial charge is 0.405 e. The standard InChI is InChI=1S/C8H15NO4/c1-7(2,3)8(4,5(10)11)13-6(9)12/h1-4H3,(H2,9,12)(H,10,11). The lowest BCUT2D eigenvalue weighted by atomic mass is 9.77. The van der Waals surface area contributed by atoms with Crippen LogP contribution in [0, 0.1) is 5.41 Å². The number of nitrogens with two attached hydrogens (primary N) is 1. The number of carboxylic acid groups (broad SMARTS) is 1. The zero-order valence-electron chi connectivity index (χ0n) is 8.25. The number of carbonyl (C=O) groups is 2. The quantitative estimate of drug-likeness (QED) is 0.677. The summed E-state index contributed by atoms with van der Waals surface area (Å²) in [6, 6.07) is 0. The molecule has 0 aliphatic rings. The van der Waals surface area contributed by atoms with E-state index in [1.807, 2.05) is 0 Å². The summed E-state index contributed by atoms with van der Waals surface area (Å²) < 4.78 is 4.60. The highest BCUT2D eigenvalue weighted by Gasteiger charge is 2.48. The highest BCUT2D eigenvalue weighted by Crippen LogP contribution is 2.33. The molecule has 13 heavy (non-hydrogen) atoms. The minimum absolute atomic E-state index is 0.714. The van der Waals surface area contributed by atoms with Gasteiger partial charge in [0.15, 0.2) is 0 Å². The predicted molar refractivity (Wildman–Crippen MR) is 46.2 cm³/mol. The van der Waals surface area contributed by atoms with Gasteiger partial charge >= 0.3 is 12.1 Å². The third-order valence-electron chi connectivity index (χ3n) is 2.14. The lowest BCUT2D eigenvalue weighted by Gasteiger charge is -2.36. The molecule has 0 rings (SSSR count). The van der Waals surface area contributed by atoms with E-state index in [0.717, 1.165) is 0 Å². The maximum Gasteiger partial charge on any atom is 0.405 e. The molecule has 1 amide bonds. The van der Waals surface area contributed by atoms with Crippen molar-refractivity contribution in [3.05, 3.63) is 0 Å². The molecule has 1 atom stereocenters. The van der Waals surface area contributed by atoms with E-state index in [1.54, 1.807) is 20.8 Å². The summed E-state index contributed by atoms with van der Waals surface area (Å²) in [7, 11) is 0. The summed E-state index contributed by atoms with van der Waals surface area (Å²) in [4.78, 5) is 21.4. The Morgan fingerprint density at radius 1 is 1.23 bits per heavy atom. The Kier molecular flexibility index (Phi) is 2.92. The van der Waals surface area contributed by atoms with Crippen molar-refractivity contribution in [3.63, 3.8) is 0 Å². The lowest BCUT2D eigenvalue weighted by Crippen LogP contribution is -2.51. The molecule has 0 bridgehead atoms. The van der Waals surface area contributed by atoms with E-state index < -0.39 is 23.1 Å². The van der Waals surface area contributed by atoms with Gasteiger partial charge in [0.05, 0.1) is 0 Å². The Hall–Kier alpha value is -1.26. The topological polar surface area (TPSA) is 89.6 Å². The van der Waals surface area contributed by atoms with Gasteiger partial charge in [0, 0.05) is 5.41 Å². The average molecular weight is 189 g/mol.